The Morgan fingerprint density at radius 2 is 2.00 bits per heavy atom. The lowest BCUT2D eigenvalue weighted by atomic mass is 10.1. The van der Waals surface area contributed by atoms with Crippen LogP contribution in [0.15, 0.2) is 41.0 Å². The second-order valence-electron chi connectivity index (χ2n) is 6.08. The number of carbonyl (C=O) groups is 3. The second kappa shape index (κ2) is 7.50. The molecule has 2 aromatic rings. The zero-order valence-electron chi connectivity index (χ0n) is 14.2. The van der Waals surface area contributed by atoms with Gasteiger partial charge in [-0.25, -0.2) is 4.79 Å². The number of aliphatic hydroxyl groups excluding tert-OH is 1. The molecule has 0 radical (unpaired) electrons. The number of benzene rings is 1. The number of carbonyl (C=O) groups excluding carboxylic acids is 1. The van der Waals surface area contributed by atoms with Gasteiger partial charge in [0.1, 0.15) is 11.8 Å². The van der Waals surface area contributed by atoms with E-state index in [1.54, 1.807) is 24.3 Å². The van der Waals surface area contributed by atoms with Gasteiger partial charge >= 0.3 is 11.9 Å². The Morgan fingerprint density at radius 1 is 1.22 bits per heavy atom. The van der Waals surface area contributed by atoms with E-state index in [-0.39, 0.29) is 17.5 Å². The molecule has 3 rings (SSSR count). The number of hydrogen-bond acceptors (Lipinski definition) is 6. The van der Waals surface area contributed by atoms with E-state index in [4.69, 9.17) is 9.52 Å². The molecule has 142 valence electrons. The molecule has 9 nitrogen and oxygen atoms in total. The molecule has 0 spiro atoms. The topological polar surface area (TPSA) is 140 Å². The van der Waals surface area contributed by atoms with Gasteiger partial charge in [-0.05, 0) is 24.6 Å². The maximum Gasteiger partial charge on any atom is 0.326 e. The third-order valence-electron chi connectivity index (χ3n) is 4.37. The van der Waals surface area contributed by atoms with Gasteiger partial charge in [0.15, 0.2) is 6.23 Å². The monoisotopic (exact) mass is 374 g/mol. The van der Waals surface area contributed by atoms with E-state index < -0.39 is 36.5 Å². The molecule has 4 N–H and O–H groups in total. The van der Waals surface area contributed by atoms with Crippen molar-refractivity contribution in [1.29, 1.82) is 0 Å². The first kappa shape index (κ1) is 18.5. The van der Waals surface area contributed by atoms with E-state index in [0.29, 0.717) is 18.0 Å². The Hall–Kier alpha value is -3.33. The lowest BCUT2D eigenvalue weighted by Crippen LogP contribution is -2.43. The van der Waals surface area contributed by atoms with Gasteiger partial charge in [0, 0.05) is 17.7 Å². The average molecular weight is 374 g/mol. The Labute approximate surface area is 153 Å². The number of anilines is 1. The van der Waals surface area contributed by atoms with Crippen LogP contribution in [0.5, 0.6) is 0 Å². The summed E-state index contributed by atoms with van der Waals surface area (Å²) in [6.45, 7) is 0.300. The van der Waals surface area contributed by atoms with Crippen molar-refractivity contribution in [3.05, 3.63) is 53.5 Å². The number of amides is 1. The molecule has 0 fully saturated rings. The van der Waals surface area contributed by atoms with Crippen LogP contribution >= 0.6 is 0 Å². The summed E-state index contributed by atoms with van der Waals surface area (Å²) in [5.41, 5.74) is 0.863. The minimum Gasteiger partial charge on any atom is -0.481 e. The van der Waals surface area contributed by atoms with Crippen molar-refractivity contribution in [2.45, 2.75) is 31.7 Å². The van der Waals surface area contributed by atoms with Crippen LogP contribution in [0.1, 0.15) is 40.8 Å². The molecule has 1 aliphatic rings. The van der Waals surface area contributed by atoms with Gasteiger partial charge in [-0.15, -0.1) is 0 Å². The third kappa shape index (κ3) is 3.63. The summed E-state index contributed by atoms with van der Waals surface area (Å²) >= 11 is 0. The summed E-state index contributed by atoms with van der Waals surface area (Å²) in [4.78, 5) is 36.1. The maximum absolute atomic E-state index is 12.9. The number of fused-ring (bicyclic) bond motifs is 1. The van der Waals surface area contributed by atoms with E-state index in [1.807, 2.05) is 0 Å². The number of aliphatic carboxylic acids is 2. The molecule has 27 heavy (non-hydrogen) atoms. The number of nitrogens with one attached hydrogen (secondary N) is 1. The Kier molecular flexibility index (Phi) is 5.13. The van der Waals surface area contributed by atoms with Gasteiger partial charge in [0.05, 0.1) is 18.4 Å². The Morgan fingerprint density at radius 3 is 2.63 bits per heavy atom. The predicted molar refractivity (Wildman–Crippen MR) is 91.9 cm³/mol. The molecule has 2 unspecified atom stereocenters. The van der Waals surface area contributed by atoms with E-state index in [9.17, 15) is 24.6 Å². The molecular formula is C18H18N2O7. The largest absolute Gasteiger partial charge is 0.481 e. The van der Waals surface area contributed by atoms with Crippen molar-refractivity contribution >= 4 is 23.5 Å². The van der Waals surface area contributed by atoms with Crippen LogP contribution in [0, 0.1) is 0 Å². The van der Waals surface area contributed by atoms with Gasteiger partial charge in [-0.1, -0.05) is 12.1 Å². The molecule has 0 bridgehead atoms. The highest BCUT2D eigenvalue weighted by atomic mass is 16.4. The first-order valence-corrected chi connectivity index (χ1v) is 8.24. The zero-order chi connectivity index (χ0) is 19.6. The van der Waals surface area contributed by atoms with Gasteiger partial charge in [-0.2, -0.15) is 0 Å². The molecule has 1 amide bonds. The Bertz CT molecular complexity index is 863. The van der Waals surface area contributed by atoms with Crippen LogP contribution < -0.4 is 5.32 Å². The summed E-state index contributed by atoms with van der Waals surface area (Å²) < 4.78 is 5.23. The fourth-order valence-corrected chi connectivity index (χ4v) is 3.11. The fourth-order valence-electron chi connectivity index (χ4n) is 3.11. The van der Waals surface area contributed by atoms with Crippen LogP contribution in [0.4, 0.5) is 5.69 Å². The minimum absolute atomic E-state index is 0.165. The first-order valence-electron chi connectivity index (χ1n) is 8.24. The van der Waals surface area contributed by atoms with Gasteiger partial charge in [0.25, 0.3) is 5.91 Å². The zero-order valence-corrected chi connectivity index (χ0v) is 14.2. The predicted octanol–water partition coefficient (Wildman–Crippen LogP) is 1.66. The van der Waals surface area contributed by atoms with Crippen LogP contribution in [-0.2, 0) is 16.1 Å². The third-order valence-corrected chi connectivity index (χ3v) is 4.37. The Balaban J connectivity index is 1.87. The first-order chi connectivity index (χ1) is 12.9. The number of carboxylic acid groups (broad SMARTS) is 2. The normalized spacial score (nSPS) is 16.9. The van der Waals surface area contributed by atoms with Crippen molar-refractivity contribution in [3.8, 4) is 0 Å². The number of hydrogen-bond donors (Lipinski definition) is 4. The molecule has 1 aromatic heterocycles. The van der Waals surface area contributed by atoms with Gasteiger partial charge < -0.3 is 25.1 Å². The molecule has 2 heterocycles. The van der Waals surface area contributed by atoms with Crippen LogP contribution in [0.3, 0.4) is 0 Å². The highest BCUT2D eigenvalue weighted by Crippen LogP contribution is 2.38. The number of carboxylic acids is 2. The fraction of sp³-hybridized carbons (Fsp3) is 0.278. The molecule has 0 saturated heterocycles. The molecule has 9 heteroatoms. The lowest BCUT2D eigenvalue weighted by Gasteiger charge is -2.27. The summed E-state index contributed by atoms with van der Waals surface area (Å²) in [6.07, 6.45) is -0.694. The van der Waals surface area contributed by atoms with Gasteiger partial charge in [-0.3, -0.25) is 14.5 Å². The van der Waals surface area contributed by atoms with Crippen LogP contribution in [0.25, 0.3) is 0 Å². The lowest BCUT2D eigenvalue weighted by molar-refractivity contribution is -0.147. The van der Waals surface area contributed by atoms with Crippen molar-refractivity contribution in [2.24, 2.45) is 0 Å². The number of nitrogens with zero attached hydrogens (tertiary/aromatic N) is 1. The van der Waals surface area contributed by atoms with Crippen molar-refractivity contribution in [1.82, 2.24) is 4.90 Å². The molecule has 2 atom stereocenters. The molecule has 1 aromatic carbocycles. The summed E-state index contributed by atoms with van der Waals surface area (Å²) in [6, 6.07) is 6.84. The van der Waals surface area contributed by atoms with Crippen LogP contribution in [-0.4, -0.2) is 44.1 Å². The van der Waals surface area contributed by atoms with E-state index in [2.05, 4.69) is 5.32 Å². The molecular weight excluding hydrogens is 356 g/mol. The molecule has 0 saturated carbocycles. The van der Waals surface area contributed by atoms with Gasteiger partial charge in [0.2, 0.25) is 0 Å². The smallest absolute Gasteiger partial charge is 0.326 e. The quantitative estimate of drug-likeness (QED) is 0.547. The molecule has 1 aliphatic heterocycles. The maximum atomic E-state index is 12.9. The highest BCUT2D eigenvalue weighted by Gasteiger charge is 2.43. The summed E-state index contributed by atoms with van der Waals surface area (Å²) in [5.74, 6) is -2.58. The SMILES string of the molecule is O=C(O)CCC(C(=O)O)N1C(=O)c2c(NCc3ccco3)cccc2C1O. The van der Waals surface area contributed by atoms with Crippen LogP contribution in [0.2, 0.25) is 0 Å². The van der Waals surface area contributed by atoms with E-state index >= 15 is 0 Å². The number of aliphatic hydroxyl groups is 1. The van der Waals surface area contributed by atoms with Crippen molar-refractivity contribution in [3.63, 3.8) is 0 Å². The van der Waals surface area contributed by atoms with Crippen molar-refractivity contribution in [2.75, 3.05) is 5.32 Å². The summed E-state index contributed by atoms with van der Waals surface area (Å²) in [5, 5.41) is 31.8. The summed E-state index contributed by atoms with van der Waals surface area (Å²) in [7, 11) is 0. The standard InChI is InChI=1S/C18H18N2O7/c21-14(22)7-6-13(18(25)26)20-16(23)11-4-1-5-12(15(11)17(20)24)19-9-10-3-2-8-27-10/h1-5,8,13,16,19,23H,6-7,9H2,(H,21,22)(H,25,26). The van der Waals surface area contributed by atoms with E-state index in [0.717, 1.165) is 4.90 Å². The second-order valence-corrected chi connectivity index (χ2v) is 6.08. The average Bonchev–Trinajstić information content (AvgIpc) is 3.22. The molecule has 0 aliphatic carbocycles. The minimum atomic E-state index is -1.47. The van der Waals surface area contributed by atoms with E-state index in [1.165, 1.54) is 12.3 Å². The number of rotatable bonds is 8. The highest BCUT2D eigenvalue weighted by molar-refractivity contribution is 6.05. The number of furan rings is 1. The van der Waals surface area contributed by atoms with Crippen molar-refractivity contribution < 1.29 is 34.1 Å².